The topological polar surface area (TPSA) is 103 Å². The zero-order valence-corrected chi connectivity index (χ0v) is 10.5. The Hall–Kier alpha value is -2.28. The summed E-state index contributed by atoms with van der Waals surface area (Å²) in [6.07, 6.45) is 2.31. The van der Waals surface area contributed by atoms with E-state index < -0.39 is 5.75 Å². The first-order valence-electron chi connectivity index (χ1n) is 5.86. The van der Waals surface area contributed by atoms with Crippen LogP contribution >= 0.6 is 0 Å². The monoisotopic (exact) mass is 264 g/mol. The first-order chi connectivity index (χ1) is 9.08. The summed E-state index contributed by atoms with van der Waals surface area (Å²) in [5.74, 6) is -0.388. The van der Waals surface area contributed by atoms with Crippen molar-refractivity contribution in [2.75, 3.05) is 6.54 Å². The van der Waals surface area contributed by atoms with E-state index in [0.717, 1.165) is 5.82 Å². The second-order valence-electron chi connectivity index (χ2n) is 4.20. The van der Waals surface area contributed by atoms with Gasteiger partial charge >= 0.3 is 0 Å². The number of nitrogens with one attached hydrogen (secondary N) is 1. The number of aryl methyl sites for hydroxylation is 1. The Kier molecular flexibility index (Phi) is 3.86. The van der Waals surface area contributed by atoms with Crippen LogP contribution in [0.4, 0.5) is 0 Å². The summed E-state index contributed by atoms with van der Waals surface area (Å²) >= 11 is 0. The number of hydrogen-bond acceptors (Lipinski definition) is 6. The standard InChI is InChI=1S/C12H16N4O3/c1-16-7-14-10(15-16)4-5-13-6-8-2-3-9(17)12(19)11(8)18/h2-3,7,13,17-19H,4-6H2,1H3. The van der Waals surface area contributed by atoms with Gasteiger partial charge in [0.25, 0.3) is 0 Å². The molecule has 7 heteroatoms. The van der Waals surface area contributed by atoms with E-state index in [1.165, 1.54) is 6.07 Å². The van der Waals surface area contributed by atoms with Crippen molar-refractivity contribution in [3.63, 3.8) is 0 Å². The fourth-order valence-electron chi connectivity index (χ4n) is 1.68. The molecule has 1 aromatic heterocycles. The number of phenols is 3. The van der Waals surface area contributed by atoms with Gasteiger partial charge in [-0.1, -0.05) is 6.07 Å². The van der Waals surface area contributed by atoms with Gasteiger partial charge in [-0.2, -0.15) is 5.10 Å². The van der Waals surface area contributed by atoms with E-state index >= 15 is 0 Å². The Labute approximate surface area is 110 Å². The third-order valence-electron chi connectivity index (χ3n) is 2.70. The zero-order chi connectivity index (χ0) is 13.8. The third-order valence-corrected chi connectivity index (χ3v) is 2.70. The van der Waals surface area contributed by atoms with Gasteiger partial charge in [0.05, 0.1) is 0 Å². The number of aromatic nitrogens is 3. The molecule has 2 aromatic rings. The van der Waals surface area contributed by atoms with Crippen LogP contribution in [-0.4, -0.2) is 36.6 Å². The average Bonchev–Trinajstić information content (AvgIpc) is 2.80. The fraction of sp³-hybridized carbons (Fsp3) is 0.333. The van der Waals surface area contributed by atoms with Crippen molar-refractivity contribution in [3.05, 3.63) is 29.8 Å². The van der Waals surface area contributed by atoms with Crippen molar-refractivity contribution >= 4 is 0 Å². The molecule has 0 saturated carbocycles. The SMILES string of the molecule is Cn1cnc(CCNCc2ccc(O)c(O)c2O)n1. The largest absolute Gasteiger partial charge is 0.504 e. The maximum absolute atomic E-state index is 9.62. The molecule has 102 valence electrons. The van der Waals surface area contributed by atoms with E-state index in [4.69, 9.17) is 0 Å². The fourth-order valence-corrected chi connectivity index (χ4v) is 1.68. The molecule has 4 N–H and O–H groups in total. The molecular weight excluding hydrogens is 248 g/mol. The summed E-state index contributed by atoms with van der Waals surface area (Å²) in [4.78, 5) is 4.09. The van der Waals surface area contributed by atoms with Gasteiger partial charge in [0.15, 0.2) is 17.3 Å². The Balaban J connectivity index is 1.84. The summed E-state index contributed by atoms with van der Waals surface area (Å²) in [6, 6.07) is 2.89. The van der Waals surface area contributed by atoms with Crippen molar-refractivity contribution in [3.8, 4) is 17.2 Å². The van der Waals surface area contributed by atoms with Gasteiger partial charge in [0.2, 0.25) is 5.75 Å². The number of phenolic OH excluding ortho intramolecular Hbond substituents is 3. The van der Waals surface area contributed by atoms with Crippen LogP contribution in [-0.2, 0) is 20.0 Å². The molecule has 1 heterocycles. The maximum Gasteiger partial charge on any atom is 0.200 e. The minimum Gasteiger partial charge on any atom is -0.504 e. The van der Waals surface area contributed by atoms with Crippen LogP contribution in [0, 0.1) is 0 Å². The lowest BCUT2D eigenvalue weighted by molar-refractivity contribution is 0.364. The van der Waals surface area contributed by atoms with Gasteiger partial charge in [0.1, 0.15) is 6.33 Å². The quantitative estimate of drug-likeness (QED) is 0.456. The van der Waals surface area contributed by atoms with E-state index in [0.29, 0.717) is 25.1 Å². The lowest BCUT2D eigenvalue weighted by atomic mass is 10.1. The molecule has 1 aromatic carbocycles. The minimum absolute atomic E-state index is 0.302. The van der Waals surface area contributed by atoms with Gasteiger partial charge in [-0.15, -0.1) is 0 Å². The van der Waals surface area contributed by atoms with Gasteiger partial charge in [-0.3, -0.25) is 4.68 Å². The average molecular weight is 264 g/mol. The smallest absolute Gasteiger partial charge is 0.200 e. The predicted molar refractivity (Wildman–Crippen MR) is 67.9 cm³/mol. The van der Waals surface area contributed by atoms with Crippen LogP contribution in [0.3, 0.4) is 0 Å². The first-order valence-corrected chi connectivity index (χ1v) is 5.86. The van der Waals surface area contributed by atoms with Crippen LogP contribution in [0.25, 0.3) is 0 Å². The zero-order valence-electron chi connectivity index (χ0n) is 10.5. The highest BCUT2D eigenvalue weighted by Crippen LogP contribution is 2.36. The van der Waals surface area contributed by atoms with Crippen molar-refractivity contribution in [1.82, 2.24) is 20.1 Å². The minimum atomic E-state index is -0.495. The van der Waals surface area contributed by atoms with Crippen molar-refractivity contribution < 1.29 is 15.3 Å². The van der Waals surface area contributed by atoms with E-state index in [1.54, 1.807) is 24.1 Å². The van der Waals surface area contributed by atoms with Crippen LogP contribution in [0.5, 0.6) is 17.2 Å². The Bertz CT molecular complexity index is 568. The number of hydrogen-bond donors (Lipinski definition) is 4. The second-order valence-corrected chi connectivity index (χ2v) is 4.20. The Morgan fingerprint density at radius 2 is 2.00 bits per heavy atom. The Morgan fingerprint density at radius 3 is 2.68 bits per heavy atom. The lowest BCUT2D eigenvalue weighted by Crippen LogP contribution is -2.17. The molecule has 0 atom stereocenters. The van der Waals surface area contributed by atoms with E-state index in [-0.39, 0.29) is 11.5 Å². The van der Waals surface area contributed by atoms with Crippen LogP contribution < -0.4 is 5.32 Å². The molecule has 2 rings (SSSR count). The maximum atomic E-state index is 9.62. The summed E-state index contributed by atoms with van der Waals surface area (Å²) in [5.41, 5.74) is 0.518. The summed E-state index contributed by atoms with van der Waals surface area (Å²) < 4.78 is 1.64. The number of aromatic hydroxyl groups is 3. The molecule has 19 heavy (non-hydrogen) atoms. The number of benzene rings is 1. The highest BCUT2D eigenvalue weighted by molar-refractivity contribution is 5.52. The van der Waals surface area contributed by atoms with Crippen molar-refractivity contribution in [2.45, 2.75) is 13.0 Å². The highest BCUT2D eigenvalue weighted by atomic mass is 16.3. The molecule has 0 aliphatic heterocycles. The third kappa shape index (κ3) is 3.14. The molecule has 0 bridgehead atoms. The highest BCUT2D eigenvalue weighted by Gasteiger charge is 2.10. The van der Waals surface area contributed by atoms with E-state index in [9.17, 15) is 15.3 Å². The molecule has 0 aliphatic carbocycles. The normalized spacial score (nSPS) is 10.8. The molecular formula is C12H16N4O3. The number of rotatable bonds is 5. The lowest BCUT2D eigenvalue weighted by Gasteiger charge is -2.08. The molecule has 0 aliphatic rings. The van der Waals surface area contributed by atoms with E-state index in [2.05, 4.69) is 15.4 Å². The second kappa shape index (κ2) is 5.57. The summed E-state index contributed by atoms with van der Waals surface area (Å²) in [6.45, 7) is 1.03. The van der Waals surface area contributed by atoms with Crippen molar-refractivity contribution in [2.24, 2.45) is 7.05 Å². The van der Waals surface area contributed by atoms with Crippen LogP contribution in [0.15, 0.2) is 18.5 Å². The van der Waals surface area contributed by atoms with Crippen molar-refractivity contribution in [1.29, 1.82) is 0 Å². The summed E-state index contributed by atoms with van der Waals surface area (Å²) in [7, 11) is 1.81. The molecule has 0 saturated heterocycles. The molecule has 7 nitrogen and oxygen atoms in total. The van der Waals surface area contributed by atoms with E-state index in [1.807, 2.05) is 0 Å². The first kappa shape index (κ1) is 13.2. The summed E-state index contributed by atoms with van der Waals surface area (Å²) in [5, 5.41) is 35.4. The van der Waals surface area contributed by atoms with Crippen LogP contribution in [0.1, 0.15) is 11.4 Å². The molecule has 0 amide bonds. The molecule has 0 fully saturated rings. The van der Waals surface area contributed by atoms with Gasteiger partial charge in [0, 0.05) is 32.1 Å². The van der Waals surface area contributed by atoms with Gasteiger partial charge in [-0.05, 0) is 6.07 Å². The molecule has 0 radical (unpaired) electrons. The van der Waals surface area contributed by atoms with Gasteiger partial charge < -0.3 is 20.6 Å². The number of nitrogens with zero attached hydrogens (tertiary/aromatic N) is 3. The molecule has 0 spiro atoms. The molecule has 0 unspecified atom stereocenters. The van der Waals surface area contributed by atoms with Crippen LogP contribution in [0.2, 0.25) is 0 Å². The predicted octanol–water partition coefficient (Wildman–Crippen LogP) is 0.264. The Morgan fingerprint density at radius 1 is 1.21 bits per heavy atom. The van der Waals surface area contributed by atoms with Gasteiger partial charge in [-0.25, -0.2) is 4.98 Å².